The van der Waals surface area contributed by atoms with Crippen LogP contribution in [-0.4, -0.2) is 35.3 Å². The van der Waals surface area contributed by atoms with Gasteiger partial charge in [0, 0.05) is 11.6 Å². The lowest BCUT2D eigenvalue weighted by molar-refractivity contribution is -0.133. The third-order valence-electron chi connectivity index (χ3n) is 5.29. The van der Waals surface area contributed by atoms with Crippen molar-refractivity contribution in [1.29, 1.82) is 5.26 Å². The van der Waals surface area contributed by atoms with E-state index in [1.807, 2.05) is 80.6 Å². The van der Waals surface area contributed by atoms with Gasteiger partial charge in [0.1, 0.15) is 6.04 Å². The molecule has 1 atom stereocenters. The zero-order valence-corrected chi connectivity index (χ0v) is 17.9. The highest BCUT2D eigenvalue weighted by Crippen LogP contribution is 2.16. The number of amides is 2. The summed E-state index contributed by atoms with van der Waals surface area (Å²) in [4.78, 5) is 27.1. The van der Waals surface area contributed by atoms with Gasteiger partial charge >= 0.3 is 0 Å². The quantitative estimate of drug-likeness (QED) is 0.597. The summed E-state index contributed by atoms with van der Waals surface area (Å²) >= 11 is 0. The number of hydrogen-bond donors (Lipinski definition) is 1. The van der Waals surface area contributed by atoms with Crippen LogP contribution in [0.4, 0.5) is 0 Å². The van der Waals surface area contributed by atoms with Gasteiger partial charge < -0.3 is 10.2 Å². The van der Waals surface area contributed by atoms with Crippen molar-refractivity contribution < 1.29 is 9.59 Å². The van der Waals surface area contributed by atoms with E-state index in [0.717, 1.165) is 16.3 Å². The Morgan fingerprint density at radius 1 is 0.968 bits per heavy atom. The first-order valence-corrected chi connectivity index (χ1v) is 10.5. The van der Waals surface area contributed by atoms with E-state index in [1.165, 1.54) is 0 Å². The Bertz CT molecular complexity index is 1090. The second-order valence-electron chi connectivity index (χ2n) is 7.81. The van der Waals surface area contributed by atoms with Gasteiger partial charge in [0.2, 0.25) is 5.91 Å². The van der Waals surface area contributed by atoms with Crippen LogP contribution in [0.15, 0.2) is 72.8 Å². The van der Waals surface area contributed by atoms with Gasteiger partial charge in [-0.1, -0.05) is 60.7 Å². The van der Waals surface area contributed by atoms with E-state index in [9.17, 15) is 14.9 Å². The highest BCUT2D eigenvalue weighted by Gasteiger charge is 2.26. The minimum atomic E-state index is -0.551. The first-order valence-electron chi connectivity index (χ1n) is 10.5. The molecule has 0 saturated heterocycles. The van der Waals surface area contributed by atoms with Crippen molar-refractivity contribution in [3.63, 3.8) is 0 Å². The van der Waals surface area contributed by atoms with E-state index in [1.54, 1.807) is 11.0 Å². The average Bonchev–Trinajstić information content (AvgIpc) is 2.80. The molecule has 31 heavy (non-hydrogen) atoms. The van der Waals surface area contributed by atoms with E-state index in [0.29, 0.717) is 18.4 Å². The molecule has 0 aliphatic heterocycles. The molecular formula is C26H27N3O2. The van der Waals surface area contributed by atoms with Gasteiger partial charge in [-0.25, -0.2) is 0 Å². The number of aryl methyl sites for hydroxylation is 1. The van der Waals surface area contributed by atoms with Gasteiger partial charge in [-0.2, -0.15) is 5.26 Å². The molecule has 0 aliphatic carbocycles. The summed E-state index contributed by atoms with van der Waals surface area (Å²) in [5, 5.41) is 14.4. The maximum atomic E-state index is 12.9. The number of nitrogens with one attached hydrogen (secondary N) is 1. The standard InChI is InChI=1S/C26H27N3O2/c1-19(2)29(24(17-27)15-12-20-8-4-3-5-9-20)25(30)18-28-26(31)23-14-13-21-10-6-7-11-22(21)16-23/h3-11,13-14,16,19,24H,12,15,18H2,1-2H3,(H,28,31). The van der Waals surface area contributed by atoms with Crippen LogP contribution < -0.4 is 5.32 Å². The van der Waals surface area contributed by atoms with E-state index >= 15 is 0 Å². The summed E-state index contributed by atoms with van der Waals surface area (Å²) in [6.07, 6.45) is 1.25. The van der Waals surface area contributed by atoms with Crippen molar-refractivity contribution in [1.82, 2.24) is 10.2 Å². The Morgan fingerprint density at radius 2 is 1.65 bits per heavy atom. The van der Waals surface area contributed by atoms with Gasteiger partial charge in [-0.3, -0.25) is 9.59 Å². The molecular weight excluding hydrogens is 386 g/mol. The van der Waals surface area contributed by atoms with Crippen molar-refractivity contribution in [2.75, 3.05) is 6.54 Å². The molecule has 5 nitrogen and oxygen atoms in total. The molecule has 0 aromatic heterocycles. The summed E-state index contributed by atoms with van der Waals surface area (Å²) in [6.45, 7) is 3.62. The van der Waals surface area contributed by atoms with Gasteiger partial charge in [0.25, 0.3) is 5.91 Å². The molecule has 3 rings (SSSR count). The average molecular weight is 414 g/mol. The number of rotatable bonds is 8. The van der Waals surface area contributed by atoms with Crippen molar-refractivity contribution in [3.8, 4) is 6.07 Å². The van der Waals surface area contributed by atoms with Crippen molar-refractivity contribution in [2.45, 2.75) is 38.8 Å². The fourth-order valence-electron chi connectivity index (χ4n) is 3.72. The molecule has 0 bridgehead atoms. The number of nitrogens with zero attached hydrogens (tertiary/aromatic N) is 2. The maximum absolute atomic E-state index is 12.9. The summed E-state index contributed by atoms with van der Waals surface area (Å²) in [6, 6.07) is 24.7. The van der Waals surface area contributed by atoms with Crippen LogP contribution in [0.1, 0.15) is 36.2 Å². The number of carbonyl (C=O) groups excluding carboxylic acids is 2. The minimum absolute atomic E-state index is 0.145. The largest absolute Gasteiger partial charge is 0.343 e. The Kier molecular flexibility index (Phi) is 7.40. The number of carbonyl (C=O) groups is 2. The Labute approximate surface area is 183 Å². The molecule has 0 heterocycles. The Hall–Kier alpha value is -3.65. The predicted molar refractivity (Wildman–Crippen MR) is 122 cm³/mol. The van der Waals surface area contributed by atoms with Gasteiger partial charge in [0.15, 0.2) is 0 Å². The van der Waals surface area contributed by atoms with Crippen molar-refractivity contribution >= 4 is 22.6 Å². The Morgan fingerprint density at radius 3 is 2.32 bits per heavy atom. The lowest BCUT2D eigenvalue weighted by Crippen LogP contribution is -2.48. The molecule has 3 aromatic carbocycles. The smallest absolute Gasteiger partial charge is 0.251 e. The van der Waals surface area contributed by atoms with Gasteiger partial charge in [-0.05, 0) is 55.2 Å². The second-order valence-corrected chi connectivity index (χ2v) is 7.81. The molecule has 2 amide bonds. The van der Waals surface area contributed by atoms with E-state index in [2.05, 4.69) is 11.4 Å². The molecule has 1 N–H and O–H groups in total. The maximum Gasteiger partial charge on any atom is 0.251 e. The predicted octanol–water partition coefficient (Wildman–Crippen LogP) is 4.33. The number of hydrogen-bond acceptors (Lipinski definition) is 3. The molecule has 3 aromatic rings. The third kappa shape index (κ3) is 5.70. The molecule has 0 fully saturated rings. The first kappa shape index (κ1) is 22.0. The van der Waals surface area contributed by atoms with Crippen LogP contribution in [0.3, 0.4) is 0 Å². The lowest BCUT2D eigenvalue weighted by Gasteiger charge is -2.31. The van der Waals surface area contributed by atoms with Crippen LogP contribution in [0, 0.1) is 11.3 Å². The molecule has 0 saturated carbocycles. The normalized spacial score (nSPS) is 11.7. The molecule has 0 aliphatic rings. The van der Waals surface area contributed by atoms with Crippen LogP contribution in [-0.2, 0) is 11.2 Å². The van der Waals surface area contributed by atoms with Crippen LogP contribution in [0.5, 0.6) is 0 Å². The lowest BCUT2D eigenvalue weighted by atomic mass is 10.0. The van der Waals surface area contributed by atoms with Crippen molar-refractivity contribution in [2.24, 2.45) is 0 Å². The molecule has 158 valence electrons. The SMILES string of the molecule is CC(C)N(C(=O)CNC(=O)c1ccc2ccccc2c1)C(C#N)CCc1ccccc1. The monoisotopic (exact) mass is 413 g/mol. The number of benzene rings is 3. The number of fused-ring (bicyclic) bond motifs is 1. The van der Waals surface area contributed by atoms with Gasteiger partial charge in [0.05, 0.1) is 12.6 Å². The summed E-state index contributed by atoms with van der Waals surface area (Å²) in [5.41, 5.74) is 1.63. The molecule has 1 unspecified atom stereocenters. The summed E-state index contributed by atoms with van der Waals surface area (Å²) in [5.74, 6) is -0.565. The van der Waals surface area contributed by atoms with E-state index in [-0.39, 0.29) is 24.4 Å². The summed E-state index contributed by atoms with van der Waals surface area (Å²) in [7, 11) is 0. The zero-order chi connectivity index (χ0) is 22.2. The molecule has 0 radical (unpaired) electrons. The van der Waals surface area contributed by atoms with Crippen molar-refractivity contribution in [3.05, 3.63) is 83.9 Å². The van der Waals surface area contributed by atoms with Crippen LogP contribution in [0.25, 0.3) is 10.8 Å². The van der Waals surface area contributed by atoms with Crippen LogP contribution >= 0.6 is 0 Å². The molecule has 5 heteroatoms. The third-order valence-corrected chi connectivity index (χ3v) is 5.29. The fraction of sp³-hybridized carbons (Fsp3) is 0.269. The van der Waals surface area contributed by atoms with E-state index in [4.69, 9.17) is 0 Å². The van der Waals surface area contributed by atoms with E-state index < -0.39 is 6.04 Å². The zero-order valence-electron chi connectivity index (χ0n) is 17.9. The molecule has 0 spiro atoms. The second kappa shape index (κ2) is 10.4. The fourth-order valence-corrected chi connectivity index (χ4v) is 3.72. The summed E-state index contributed by atoms with van der Waals surface area (Å²) < 4.78 is 0. The Balaban J connectivity index is 1.63. The first-order chi connectivity index (χ1) is 15.0. The highest BCUT2D eigenvalue weighted by molar-refractivity contribution is 6.00. The topological polar surface area (TPSA) is 73.2 Å². The highest BCUT2D eigenvalue weighted by atomic mass is 16.2. The minimum Gasteiger partial charge on any atom is -0.343 e. The number of nitriles is 1. The van der Waals surface area contributed by atoms with Crippen LogP contribution in [0.2, 0.25) is 0 Å². The van der Waals surface area contributed by atoms with Gasteiger partial charge in [-0.15, -0.1) is 0 Å².